The van der Waals surface area contributed by atoms with Crippen molar-refractivity contribution in [2.24, 2.45) is 0 Å². The number of benzene rings is 2. The van der Waals surface area contributed by atoms with E-state index in [1.54, 1.807) is 23.9 Å². The van der Waals surface area contributed by atoms with Crippen molar-refractivity contribution in [3.8, 4) is 0 Å². The lowest BCUT2D eigenvalue weighted by Crippen LogP contribution is -2.07. The van der Waals surface area contributed by atoms with Crippen LogP contribution in [-0.2, 0) is 18.9 Å². The zero-order valence-corrected chi connectivity index (χ0v) is 14.2. The fraction of sp³-hybridized carbons (Fsp3) is 0.211. The Morgan fingerprint density at radius 2 is 1.92 bits per heavy atom. The number of fused-ring (bicyclic) bond motifs is 1. The summed E-state index contributed by atoms with van der Waals surface area (Å²) in [6, 6.07) is 14.6. The van der Waals surface area contributed by atoms with Gasteiger partial charge in [-0.05, 0) is 41.6 Å². The number of thioether (sulfide) groups is 1. The van der Waals surface area contributed by atoms with Gasteiger partial charge in [-0.2, -0.15) is 11.8 Å². The fourth-order valence-corrected chi connectivity index (χ4v) is 3.25. The third kappa shape index (κ3) is 3.68. The molecule has 2 aromatic carbocycles. The summed E-state index contributed by atoms with van der Waals surface area (Å²) in [5.41, 5.74) is 3.63. The first-order chi connectivity index (χ1) is 11.7. The monoisotopic (exact) mass is 342 g/mol. The van der Waals surface area contributed by atoms with Crippen molar-refractivity contribution in [3.63, 3.8) is 0 Å². The number of pyridine rings is 1. The topological polar surface area (TPSA) is 45.2 Å². The molecule has 24 heavy (non-hydrogen) atoms. The Kier molecular flexibility index (Phi) is 5.33. The average Bonchev–Trinajstić information content (AvgIpc) is 2.60. The molecule has 0 amide bonds. The number of nitrogens with zero attached hydrogens (tertiary/aromatic N) is 1. The molecule has 1 aromatic heterocycles. The largest absolute Gasteiger partial charge is 0.392 e. The van der Waals surface area contributed by atoms with Gasteiger partial charge in [0.2, 0.25) is 0 Å². The molecule has 0 atom stereocenters. The molecule has 0 fully saturated rings. The van der Waals surface area contributed by atoms with Crippen molar-refractivity contribution in [1.82, 2.24) is 4.98 Å². The summed E-state index contributed by atoms with van der Waals surface area (Å²) < 4.78 is 13.5. The summed E-state index contributed by atoms with van der Waals surface area (Å²) in [7, 11) is 0. The molecule has 0 unspecified atom stereocenters. The Labute approximate surface area is 144 Å². The van der Waals surface area contributed by atoms with E-state index in [1.165, 1.54) is 6.07 Å². The lowest BCUT2D eigenvalue weighted by Gasteiger charge is -2.14. The van der Waals surface area contributed by atoms with Crippen molar-refractivity contribution in [3.05, 3.63) is 71.0 Å². The van der Waals surface area contributed by atoms with Gasteiger partial charge in [0, 0.05) is 23.2 Å². The number of para-hydroxylation sites is 1. The van der Waals surface area contributed by atoms with E-state index in [2.05, 4.69) is 10.3 Å². The van der Waals surface area contributed by atoms with Gasteiger partial charge in [-0.3, -0.25) is 0 Å². The number of rotatable bonds is 6. The Bertz CT molecular complexity index is 854. The molecule has 2 N–H and O–H groups in total. The summed E-state index contributed by atoms with van der Waals surface area (Å²) in [5.74, 6) is 1.20. The number of aromatic nitrogens is 1. The molecule has 0 aliphatic carbocycles. The van der Waals surface area contributed by atoms with Crippen LogP contribution in [0.25, 0.3) is 10.9 Å². The van der Waals surface area contributed by atoms with Gasteiger partial charge in [0.25, 0.3) is 0 Å². The van der Waals surface area contributed by atoms with Crippen molar-refractivity contribution < 1.29 is 9.50 Å². The standard InChI is InChI=1S/C19H19FN2OS/c1-24-12-16-9-17(20)7-6-14(16)10-21-19-15(11-23)8-13-4-2-3-5-18(13)22-19/h2-9,23H,10-12H2,1H3,(H,21,22). The normalized spacial score (nSPS) is 11.0. The maximum atomic E-state index is 13.5. The van der Waals surface area contributed by atoms with E-state index in [0.29, 0.717) is 12.4 Å². The second-order valence-corrected chi connectivity index (χ2v) is 6.41. The maximum Gasteiger partial charge on any atom is 0.132 e. The van der Waals surface area contributed by atoms with Crippen molar-refractivity contribution in [1.29, 1.82) is 0 Å². The Balaban J connectivity index is 1.88. The highest BCUT2D eigenvalue weighted by Gasteiger charge is 2.08. The van der Waals surface area contributed by atoms with E-state index in [9.17, 15) is 9.50 Å². The summed E-state index contributed by atoms with van der Waals surface area (Å²) in [4.78, 5) is 4.60. The number of halogens is 1. The number of hydrogen-bond donors (Lipinski definition) is 2. The molecule has 1 heterocycles. The highest BCUT2D eigenvalue weighted by Crippen LogP contribution is 2.22. The van der Waals surface area contributed by atoms with Crippen LogP contribution in [-0.4, -0.2) is 16.3 Å². The van der Waals surface area contributed by atoms with Gasteiger partial charge in [-0.1, -0.05) is 24.3 Å². The summed E-state index contributed by atoms with van der Waals surface area (Å²) in [6.07, 6.45) is 2.00. The maximum absolute atomic E-state index is 13.5. The molecule has 5 heteroatoms. The number of aliphatic hydroxyl groups excluding tert-OH is 1. The Morgan fingerprint density at radius 1 is 1.08 bits per heavy atom. The van der Waals surface area contributed by atoms with Crippen LogP contribution in [0.1, 0.15) is 16.7 Å². The van der Waals surface area contributed by atoms with Crippen molar-refractivity contribution in [2.45, 2.75) is 18.9 Å². The molecule has 0 aliphatic rings. The smallest absolute Gasteiger partial charge is 0.132 e. The summed E-state index contributed by atoms with van der Waals surface area (Å²) in [5, 5.41) is 13.9. The van der Waals surface area contributed by atoms with E-state index in [0.717, 1.165) is 33.3 Å². The molecule has 0 radical (unpaired) electrons. The predicted octanol–water partition coefficient (Wildman–Crippen LogP) is 4.34. The predicted molar refractivity (Wildman–Crippen MR) is 98.6 cm³/mol. The highest BCUT2D eigenvalue weighted by atomic mass is 32.2. The van der Waals surface area contributed by atoms with Gasteiger partial charge in [0.05, 0.1) is 12.1 Å². The van der Waals surface area contributed by atoms with Crippen molar-refractivity contribution in [2.75, 3.05) is 11.6 Å². The molecule has 0 aliphatic heterocycles. The molecule has 124 valence electrons. The molecule has 3 rings (SSSR count). The minimum absolute atomic E-state index is 0.0821. The lowest BCUT2D eigenvalue weighted by molar-refractivity contribution is 0.282. The van der Waals surface area contributed by atoms with E-state index in [-0.39, 0.29) is 12.4 Å². The molecule has 0 saturated carbocycles. The van der Waals surface area contributed by atoms with Gasteiger partial charge in [-0.15, -0.1) is 0 Å². The van der Waals surface area contributed by atoms with E-state index in [1.807, 2.05) is 36.6 Å². The van der Waals surface area contributed by atoms with Crippen LogP contribution >= 0.6 is 11.8 Å². The van der Waals surface area contributed by atoms with Crippen LogP contribution in [0.4, 0.5) is 10.2 Å². The molecule has 3 nitrogen and oxygen atoms in total. The van der Waals surface area contributed by atoms with Crippen molar-refractivity contribution >= 4 is 28.5 Å². The first-order valence-corrected chi connectivity index (χ1v) is 9.10. The van der Waals surface area contributed by atoms with Gasteiger partial charge in [-0.25, -0.2) is 9.37 Å². The SMILES string of the molecule is CSCc1cc(F)ccc1CNc1nc2ccccc2cc1CO. The molecule has 0 bridgehead atoms. The average molecular weight is 342 g/mol. The van der Waals surface area contributed by atoms with Crippen LogP contribution < -0.4 is 5.32 Å². The van der Waals surface area contributed by atoms with E-state index in [4.69, 9.17) is 0 Å². The highest BCUT2D eigenvalue weighted by molar-refractivity contribution is 7.97. The first-order valence-electron chi connectivity index (χ1n) is 7.71. The number of anilines is 1. The first kappa shape index (κ1) is 16.7. The summed E-state index contributed by atoms with van der Waals surface area (Å²) >= 11 is 1.66. The summed E-state index contributed by atoms with van der Waals surface area (Å²) in [6.45, 7) is 0.454. The zero-order chi connectivity index (χ0) is 16.9. The second kappa shape index (κ2) is 7.64. The van der Waals surface area contributed by atoms with Gasteiger partial charge in [0.1, 0.15) is 11.6 Å². The van der Waals surface area contributed by atoms with Crippen LogP contribution in [0.15, 0.2) is 48.5 Å². The van der Waals surface area contributed by atoms with Crippen LogP contribution in [0, 0.1) is 5.82 Å². The Morgan fingerprint density at radius 3 is 2.71 bits per heavy atom. The molecule has 0 saturated heterocycles. The van der Waals surface area contributed by atoms with Crippen LogP contribution in [0.5, 0.6) is 0 Å². The van der Waals surface area contributed by atoms with Crippen LogP contribution in [0.3, 0.4) is 0 Å². The number of aliphatic hydroxyl groups is 1. The molecular formula is C19H19FN2OS. The minimum atomic E-state index is -0.220. The van der Waals surface area contributed by atoms with E-state index < -0.39 is 0 Å². The van der Waals surface area contributed by atoms with Crippen LogP contribution in [0.2, 0.25) is 0 Å². The molecular weight excluding hydrogens is 323 g/mol. The zero-order valence-electron chi connectivity index (χ0n) is 13.4. The van der Waals surface area contributed by atoms with E-state index >= 15 is 0 Å². The minimum Gasteiger partial charge on any atom is -0.392 e. The second-order valence-electron chi connectivity index (χ2n) is 5.55. The number of nitrogens with one attached hydrogen (secondary N) is 1. The Hall–Kier alpha value is -2.11. The quantitative estimate of drug-likeness (QED) is 0.699. The van der Waals surface area contributed by atoms with Gasteiger partial charge < -0.3 is 10.4 Å². The van der Waals surface area contributed by atoms with Gasteiger partial charge in [0.15, 0.2) is 0 Å². The third-order valence-electron chi connectivity index (χ3n) is 3.89. The lowest BCUT2D eigenvalue weighted by atomic mass is 10.1. The third-order valence-corrected chi connectivity index (χ3v) is 4.49. The number of hydrogen-bond acceptors (Lipinski definition) is 4. The molecule has 0 spiro atoms. The molecule has 3 aromatic rings. The van der Waals surface area contributed by atoms with Gasteiger partial charge >= 0.3 is 0 Å². The fourth-order valence-electron chi connectivity index (χ4n) is 2.67.